The maximum absolute atomic E-state index is 12.5. The molecule has 1 saturated heterocycles. The summed E-state index contributed by atoms with van der Waals surface area (Å²) in [7, 11) is 0. The van der Waals surface area contributed by atoms with E-state index < -0.39 is 6.43 Å². The van der Waals surface area contributed by atoms with Gasteiger partial charge in [-0.25, -0.2) is 8.78 Å². The number of likely N-dealkylation sites (tertiary alicyclic amines) is 1. The summed E-state index contributed by atoms with van der Waals surface area (Å²) in [6.07, 6.45) is 1.80. The van der Waals surface area contributed by atoms with Gasteiger partial charge in [0.1, 0.15) is 0 Å². The largest absolute Gasteiger partial charge is 0.357 e. The van der Waals surface area contributed by atoms with Gasteiger partial charge in [-0.2, -0.15) is 0 Å². The van der Waals surface area contributed by atoms with Gasteiger partial charge in [-0.1, -0.05) is 34.1 Å². The van der Waals surface area contributed by atoms with E-state index in [0.29, 0.717) is 13.1 Å². The van der Waals surface area contributed by atoms with Crippen LogP contribution in [-0.4, -0.2) is 56.1 Å². The topological polar surface area (TPSA) is 39.7 Å². The third-order valence-corrected chi connectivity index (χ3v) is 6.20. The van der Waals surface area contributed by atoms with Crippen LogP contribution >= 0.6 is 15.9 Å². The molecule has 27 heavy (non-hydrogen) atoms. The fourth-order valence-corrected chi connectivity index (χ4v) is 4.46. The number of alkyl halides is 2. The van der Waals surface area contributed by atoms with Crippen LogP contribution in [-0.2, 0) is 5.41 Å². The number of benzene rings is 1. The Morgan fingerprint density at radius 3 is 2.59 bits per heavy atom. The Hall–Kier alpha value is -1.21. The summed E-state index contributed by atoms with van der Waals surface area (Å²) in [4.78, 5) is 6.71. The van der Waals surface area contributed by atoms with Crippen LogP contribution in [0.15, 0.2) is 33.7 Å². The fourth-order valence-electron chi connectivity index (χ4n) is 3.75. The van der Waals surface area contributed by atoms with Gasteiger partial charge in [0.25, 0.3) is 6.43 Å². The third kappa shape index (κ3) is 5.64. The van der Waals surface area contributed by atoms with Crippen LogP contribution in [0.4, 0.5) is 8.78 Å². The Morgan fingerprint density at radius 2 is 2.00 bits per heavy atom. The van der Waals surface area contributed by atoms with Crippen LogP contribution in [0.1, 0.15) is 38.2 Å². The second-order valence-corrected chi connectivity index (χ2v) is 8.42. The molecule has 0 radical (unpaired) electrons. The molecule has 0 amide bonds. The molecule has 4 nitrogen and oxygen atoms in total. The normalized spacial score (nSPS) is 20.7. The predicted molar refractivity (Wildman–Crippen MR) is 110 cm³/mol. The maximum Gasteiger partial charge on any atom is 0.251 e. The molecule has 0 atom stereocenters. The van der Waals surface area contributed by atoms with E-state index in [0.717, 1.165) is 49.2 Å². The Morgan fingerprint density at radius 1 is 1.30 bits per heavy atom. The zero-order valence-electron chi connectivity index (χ0n) is 15.9. The van der Waals surface area contributed by atoms with Gasteiger partial charge in [-0.3, -0.25) is 9.89 Å². The van der Waals surface area contributed by atoms with Crippen molar-refractivity contribution in [2.45, 2.75) is 50.5 Å². The van der Waals surface area contributed by atoms with Crippen molar-refractivity contribution in [3.05, 3.63) is 34.3 Å². The fraction of sp³-hybridized carbons (Fsp3) is 0.650. The Labute approximate surface area is 168 Å². The first-order valence-electron chi connectivity index (χ1n) is 9.83. The van der Waals surface area contributed by atoms with E-state index in [-0.39, 0.29) is 18.0 Å². The first kappa shape index (κ1) is 20.5. The minimum absolute atomic E-state index is 0.116. The van der Waals surface area contributed by atoms with E-state index in [9.17, 15) is 8.78 Å². The lowest BCUT2D eigenvalue weighted by Crippen LogP contribution is -2.49. The highest BCUT2D eigenvalue weighted by molar-refractivity contribution is 9.10. The Kier molecular flexibility index (Phi) is 7.09. The molecule has 3 rings (SSSR count). The van der Waals surface area contributed by atoms with Crippen LogP contribution in [0, 0.1) is 0 Å². The van der Waals surface area contributed by atoms with Gasteiger partial charge in [-0.15, -0.1) is 0 Å². The van der Waals surface area contributed by atoms with E-state index in [4.69, 9.17) is 4.99 Å². The molecule has 0 aromatic heterocycles. The second kappa shape index (κ2) is 9.32. The molecule has 2 N–H and O–H groups in total. The number of nitrogens with one attached hydrogen (secondary N) is 2. The quantitative estimate of drug-likeness (QED) is 0.498. The molecule has 1 saturated carbocycles. The Balaban J connectivity index is 1.57. The lowest BCUT2D eigenvalue weighted by Gasteiger charge is -2.32. The van der Waals surface area contributed by atoms with E-state index in [1.165, 1.54) is 5.56 Å². The zero-order valence-corrected chi connectivity index (χ0v) is 17.4. The predicted octanol–water partition coefficient (Wildman–Crippen LogP) is 3.77. The van der Waals surface area contributed by atoms with Gasteiger partial charge < -0.3 is 10.6 Å². The van der Waals surface area contributed by atoms with Crippen LogP contribution in [0.3, 0.4) is 0 Å². The smallest absolute Gasteiger partial charge is 0.251 e. The van der Waals surface area contributed by atoms with Gasteiger partial charge in [0.05, 0.1) is 13.1 Å². The van der Waals surface area contributed by atoms with Crippen molar-refractivity contribution < 1.29 is 8.78 Å². The molecule has 1 aromatic carbocycles. The monoisotopic (exact) mass is 442 g/mol. The van der Waals surface area contributed by atoms with Gasteiger partial charge in [0.2, 0.25) is 0 Å². The SMILES string of the molecule is CCNC(=NCC1(c2ccccc2Br)CC1)NC1CCN(CC(F)F)CC1. The minimum Gasteiger partial charge on any atom is -0.357 e. The van der Waals surface area contributed by atoms with Crippen LogP contribution in [0.5, 0.6) is 0 Å². The van der Waals surface area contributed by atoms with Crippen molar-refractivity contribution >= 4 is 21.9 Å². The Bertz CT molecular complexity index is 641. The molecule has 150 valence electrons. The van der Waals surface area contributed by atoms with Gasteiger partial charge in [0, 0.05) is 35.6 Å². The van der Waals surface area contributed by atoms with Crippen LogP contribution < -0.4 is 10.6 Å². The van der Waals surface area contributed by atoms with Crippen LogP contribution in [0.2, 0.25) is 0 Å². The van der Waals surface area contributed by atoms with Crippen LogP contribution in [0.25, 0.3) is 0 Å². The second-order valence-electron chi connectivity index (χ2n) is 7.57. The standard InChI is InChI=1S/C20H29BrF2N4/c1-2-24-19(26-15-7-11-27(12-8-15)13-18(22)23)25-14-20(9-10-20)16-5-3-4-6-17(16)21/h3-6,15,18H,2,7-14H2,1H3,(H2,24,25,26). The molecular formula is C20H29BrF2N4. The number of halogens is 3. The number of hydrogen-bond donors (Lipinski definition) is 2. The number of rotatable bonds is 7. The minimum atomic E-state index is -2.25. The first-order valence-corrected chi connectivity index (χ1v) is 10.6. The highest BCUT2D eigenvalue weighted by atomic mass is 79.9. The van der Waals surface area contributed by atoms with E-state index in [1.54, 1.807) is 0 Å². The summed E-state index contributed by atoms with van der Waals surface area (Å²) in [6, 6.07) is 8.69. The maximum atomic E-state index is 12.5. The van der Waals surface area contributed by atoms with Crippen molar-refractivity contribution in [3.63, 3.8) is 0 Å². The zero-order chi connectivity index (χ0) is 19.3. The summed E-state index contributed by atoms with van der Waals surface area (Å²) < 4.78 is 26.2. The van der Waals surface area contributed by atoms with Crippen molar-refractivity contribution in [1.82, 2.24) is 15.5 Å². The summed E-state index contributed by atoms with van der Waals surface area (Å²) in [5.41, 5.74) is 1.48. The number of hydrogen-bond acceptors (Lipinski definition) is 2. The van der Waals surface area contributed by atoms with Crippen molar-refractivity contribution in [3.8, 4) is 0 Å². The number of nitrogens with zero attached hydrogens (tertiary/aromatic N) is 2. The highest BCUT2D eigenvalue weighted by Crippen LogP contribution is 2.50. The molecule has 2 aliphatic rings. The van der Waals surface area contributed by atoms with E-state index in [2.05, 4.69) is 51.7 Å². The molecular weight excluding hydrogens is 414 g/mol. The molecule has 2 fully saturated rings. The van der Waals surface area contributed by atoms with Gasteiger partial charge in [0.15, 0.2) is 5.96 Å². The lowest BCUT2D eigenvalue weighted by atomic mass is 9.96. The average Bonchev–Trinajstić information content (AvgIpc) is 3.42. The van der Waals surface area contributed by atoms with E-state index >= 15 is 0 Å². The molecule has 7 heteroatoms. The third-order valence-electron chi connectivity index (χ3n) is 5.51. The molecule has 1 heterocycles. The van der Waals surface area contributed by atoms with E-state index in [1.807, 2.05) is 11.0 Å². The van der Waals surface area contributed by atoms with Gasteiger partial charge >= 0.3 is 0 Å². The van der Waals surface area contributed by atoms with Crippen molar-refractivity contribution in [1.29, 1.82) is 0 Å². The lowest BCUT2D eigenvalue weighted by molar-refractivity contribution is 0.0744. The summed E-state index contributed by atoms with van der Waals surface area (Å²) in [5.74, 6) is 0.836. The average molecular weight is 443 g/mol. The summed E-state index contributed by atoms with van der Waals surface area (Å²) in [5, 5.41) is 6.84. The molecule has 1 aliphatic heterocycles. The van der Waals surface area contributed by atoms with Crippen molar-refractivity contribution in [2.24, 2.45) is 4.99 Å². The molecule has 1 aliphatic carbocycles. The number of guanidine groups is 1. The highest BCUT2D eigenvalue weighted by Gasteiger charge is 2.45. The first-order chi connectivity index (χ1) is 13.0. The molecule has 0 unspecified atom stereocenters. The molecule has 0 bridgehead atoms. The number of piperidine rings is 1. The summed E-state index contributed by atoms with van der Waals surface area (Å²) >= 11 is 3.67. The summed E-state index contributed by atoms with van der Waals surface area (Å²) in [6.45, 7) is 4.93. The molecule has 1 aromatic rings. The number of aliphatic imine (C=N–C) groups is 1. The van der Waals surface area contributed by atoms with Crippen molar-refractivity contribution in [2.75, 3.05) is 32.7 Å². The van der Waals surface area contributed by atoms with Gasteiger partial charge in [-0.05, 0) is 44.2 Å². The molecule has 0 spiro atoms.